The molecule has 0 aliphatic heterocycles. The van der Waals surface area contributed by atoms with Crippen LogP contribution in [0.1, 0.15) is 29.2 Å². The zero-order valence-corrected chi connectivity index (χ0v) is 11.2. The van der Waals surface area contributed by atoms with Crippen molar-refractivity contribution in [2.45, 2.75) is 26.8 Å². The van der Waals surface area contributed by atoms with Crippen LogP contribution in [-0.2, 0) is 0 Å². The van der Waals surface area contributed by atoms with Gasteiger partial charge in [-0.2, -0.15) is 11.8 Å². The largest absolute Gasteiger partial charge is 0.476 e. The Morgan fingerprint density at radius 1 is 1.69 bits per heavy atom. The fraction of sp³-hybridized carbons (Fsp3) is 0.600. The van der Waals surface area contributed by atoms with Gasteiger partial charge in [0, 0.05) is 16.7 Å². The van der Waals surface area contributed by atoms with Crippen molar-refractivity contribution in [1.29, 1.82) is 0 Å². The third-order valence-corrected chi connectivity index (χ3v) is 3.99. The number of anilines is 1. The third-order valence-electron chi connectivity index (χ3n) is 1.94. The van der Waals surface area contributed by atoms with Crippen LogP contribution in [-0.4, -0.2) is 33.6 Å². The average Bonchev–Trinajstić information content (AvgIpc) is 2.56. The zero-order chi connectivity index (χ0) is 12.1. The molecule has 0 saturated carbocycles. The molecule has 2 N–H and O–H groups in total. The van der Waals surface area contributed by atoms with Gasteiger partial charge in [0.25, 0.3) is 0 Å². The standard InChI is InChI=1S/C10H16N2O2S2/c1-4-15-5-6(2)11-10-12-8(9(13)14)7(3)16-10/h6H,4-5H2,1-3H3,(H,11,12)(H,13,14). The lowest BCUT2D eigenvalue weighted by molar-refractivity contribution is 0.0690. The highest BCUT2D eigenvalue weighted by molar-refractivity contribution is 7.99. The Balaban J connectivity index is 2.60. The van der Waals surface area contributed by atoms with Crippen LogP contribution in [0.3, 0.4) is 0 Å². The first-order chi connectivity index (χ1) is 7.54. The number of aromatic nitrogens is 1. The first kappa shape index (κ1) is 13.3. The summed E-state index contributed by atoms with van der Waals surface area (Å²) in [7, 11) is 0. The summed E-state index contributed by atoms with van der Waals surface area (Å²) in [6.07, 6.45) is 0. The van der Waals surface area contributed by atoms with Crippen LogP contribution < -0.4 is 5.32 Å². The van der Waals surface area contributed by atoms with E-state index in [0.29, 0.717) is 11.2 Å². The Bertz CT molecular complexity index is 366. The van der Waals surface area contributed by atoms with Crippen molar-refractivity contribution < 1.29 is 9.90 Å². The Kier molecular flexibility index (Phi) is 5.08. The molecule has 90 valence electrons. The molecule has 0 aliphatic rings. The molecule has 6 heteroatoms. The minimum absolute atomic E-state index is 0.155. The van der Waals surface area contributed by atoms with Gasteiger partial charge in [-0.05, 0) is 19.6 Å². The van der Waals surface area contributed by atoms with E-state index in [1.165, 1.54) is 11.3 Å². The number of thiazole rings is 1. The van der Waals surface area contributed by atoms with E-state index in [1.54, 1.807) is 6.92 Å². The number of rotatable bonds is 6. The molecule has 1 atom stereocenters. The van der Waals surface area contributed by atoms with Crippen molar-refractivity contribution in [3.63, 3.8) is 0 Å². The number of nitrogens with zero attached hydrogens (tertiary/aromatic N) is 1. The molecular weight excluding hydrogens is 244 g/mol. The van der Waals surface area contributed by atoms with Gasteiger partial charge in [-0.3, -0.25) is 0 Å². The maximum Gasteiger partial charge on any atom is 0.355 e. The molecule has 1 aromatic heterocycles. The van der Waals surface area contributed by atoms with Crippen LogP contribution in [0.25, 0.3) is 0 Å². The van der Waals surface area contributed by atoms with E-state index in [1.807, 2.05) is 11.8 Å². The molecule has 0 aromatic carbocycles. The first-order valence-electron chi connectivity index (χ1n) is 5.09. The number of hydrogen-bond acceptors (Lipinski definition) is 5. The molecule has 1 aromatic rings. The lowest BCUT2D eigenvalue weighted by Crippen LogP contribution is -2.18. The monoisotopic (exact) mass is 260 g/mol. The van der Waals surface area contributed by atoms with Crippen LogP contribution in [0.2, 0.25) is 0 Å². The zero-order valence-electron chi connectivity index (χ0n) is 9.61. The van der Waals surface area contributed by atoms with Gasteiger partial charge in [-0.1, -0.05) is 6.92 Å². The minimum Gasteiger partial charge on any atom is -0.476 e. The molecule has 0 spiro atoms. The number of aromatic carboxylic acids is 1. The molecule has 1 heterocycles. The van der Waals surface area contributed by atoms with Crippen molar-refractivity contribution in [3.05, 3.63) is 10.6 Å². The van der Waals surface area contributed by atoms with Gasteiger partial charge in [0.15, 0.2) is 10.8 Å². The molecule has 0 aliphatic carbocycles. The lowest BCUT2D eigenvalue weighted by atomic mass is 10.4. The summed E-state index contributed by atoms with van der Waals surface area (Å²) < 4.78 is 0. The molecule has 1 rings (SSSR count). The van der Waals surface area contributed by atoms with Gasteiger partial charge < -0.3 is 10.4 Å². The summed E-state index contributed by atoms with van der Waals surface area (Å²) in [4.78, 5) is 15.6. The van der Waals surface area contributed by atoms with Crippen molar-refractivity contribution in [1.82, 2.24) is 4.98 Å². The number of thioether (sulfide) groups is 1. The van der Waals surface area contributed by atoms with E-state index in [-0.39, 0.29) is 5.69 Å². The summed E-state index contributed by atoms with van der Waals surface area (Å²) in [5, 5.41) is 12.8. The fourth-order valence-corrected chi connectivity index (χ4v) is 2.79. The predicted molar refractivity (Wildman–Crippen MR) is 69.9 cm³/mol. The molecule has 4 nitrogen and oxygen atoms in total. The number of carboxylic acid groups (broad SMARTS) is 1. The molecule has 0 saturated heterocycles. The maximum absolute atomic E-state index is 10.8. The molecular formula is C10H16N2O2S2. The van der Waals surface area contributed by atoms with Crippen LogP contribution in [0.5, 0.6) is 0 Å². The minimum atomic E-state index is -0.961. The van der Waals surface area contributed by atoms with Gasteiger partial charge in [-0.25, -0.2) is 9.78 Å². The van der Waals surface area contributed by atoms with Crippen molar-refractivity contribution in [2.24, 2.45) is 0 Å². The number of carbonyl (C=O) groups is 1. The van der Waals surface area contributed by atoms with Crippen LogP contribution in [0, 0.1) is 6.92 Å². The Morgan fingerprint density at radius 3 is 2.88 bits per heavy atom. The van der Waals surface area contributed by atoms with Crippen molar-refractivity contribution in [2.75, 3.05) is 16.8 Å². The fourth-order valence-electron chi connectivity index (χ4n) is 1.20. The molecule has 0 amide bonds. The Labute approximate surface area is 103 Å². The van der Waals surface area contributed by atoms with E-state index in [2.05, 4.69) is 24.1 Å². The second-order valence-corrected chi connectivity index (χ2v) is 5.96. The van der Waals surface area contributed by atoms with Crippen LogP contribution in [0.15, 0.2) is 0 Å². The van der Waals surface area contributed by atoms with E-state index >= 15 is 0 Å². The Morgan fingerprint density at radius 2 is 2.38 bits per heavy atom. The number of aryl methyl sites for hydroxylation is 1. The van der Waals surface area contributed by atoms with Crippen LogP contribution >= 0.6 is 23.1 Å². The maximum atomic E-state index is 10.8. The number of hydrogen-bond donors (Lipinski definition) is 2. The Hall–Kier alpha value is -0.750. The normalized spacial score (nSPS) is 12.4. The van der Waals surface area contributed by atoms with Crippen molar-refractivity contribution >= 4 is 34.2 Å². The van der Waals surface area contributed by atoms with E-state index in [9.17, 15) is 4.79 Å². The van der Waals surface area contributed by atoms with Gasteiger partial charge in [0.05, 0.1) is 0 Å². The van der Waals surface area contributed by atoms with Crippen molar-refractivity contribution in [3.8, 4) is 0 Å². The molecule has 0 fully saturated rings. The number of carboxylic acids is 1. The highest BCUT2D eigenvalue weighted by Crippen LogP contribution is 2.23. The van der Waals surface area contributed by atoms with E-state index < -0.39 is 5.97 Å². The summed E-state index contributed by atoms with van der Waals surface area (Å²) >= 11 is 3.24. The van der Waals surface area contributed by atoms with E-state index in [0.717, 1.165) is 16.4 Å². The summed E-state index contributed by atoms with van der Waals surface area (Å²) in [5.74, 6) is 1.12. The molecule has 16 heavy (non-hydrogen) atoms. The van der Waals surface area contributed by atoms with Crippen LogP contribution in [0.4, 0.5) is 5.13 Å². The summed E-state index contributed by atoms with van der Waals surface area (Å²) in [6, 6.07) is 0.303. The highest BCUT2D eigenvalue weighted by Gasteiger charge is 2.14. The first-order valence-corrected chi connectivity index (χ1v) is 7.06. The summed E-state index contributed by atoms with van der Waals surface area (Å²) in [5.41, 5.74) is 0.155. The van der Waals surface area contributed by atoms with Gasteiger partial charge in [0.1, 0.15) is 0 Å². The second-order valence-electron chi connectivity index (χ2n) is 3.43. The number of nitrogens with one attached hydrogen (secondary N) is 1. The quantitative estimate of drug-likeness (QED) is 0.823. The highest BCUT2D eigenvalue weighted by atomic mass is 32.2. The third kappa shape index (κ3) is 3.68. The molecule has 0 radical (unpaired) electrons. The van der Waals surface area contributed by atoms with E-state index in [4.69, 9.17) is 5.11 Å². The van der Waals surface area contributed by atoms with Gasteiger partial charge in [-0.15, -0.1) is 11.3 Å². The lowest BCUT2D eigenvalue weighted by Gasteiger charge is -2.11. The van der Waals surface area contributed by atoms with Gasteiger partial charge >= 0.3 is 5.97 Å². The molecule has 1 unspecified atom stereocenters. The van der Waals surface area contributed by atoms with Gasteiger partial charge in [0.2, 0.25) is 0 Å². The summed E-state index contributed by atoms with van der Waals surface area (Å²) in [6.45, 7) is 5.96. The smallest absolute Gasteiger partial charge is 0.355 e. The molecule has 0 bridgehead atoms. The average molecular weight is 260 g/mol. The topological polar surface area (TPSA) is 62.2 Å². The second kappa shape index (κ2) is 6.10. The SMILES string of the molecule is CCSCC(C)Nc1nc(C(=O)O)c(C)s1. The predicted octanol–water partition coefficient (Wildman–Crippen LogP) is 2.70.